The highest BCUT2D eigenvalue weighted by Crippen LogP contribution is 2.59. The fourth-order valence-corrected chi connectivity index (χ4v) is 3.23. The van der Waals surface area contributed by atoms with Crippen molar-refractivity contribution in [3.8, 4) is 0 Å². The molecule has 0 aliphatic heterocycles. The van der Waals surface area contributed by atoms with Crippen molar-refractivity contribution in [3.63, 3.8) is 0 Å². The molecule has 2 N–H and O–H groups in total. The minimum atomic E-state index is -4.66. The van der Waals surface area contributed by atoms with E-state index in [1.807, 2.05) is 33.8 Å². The fourth-order valence-electron chi connectivity index (χ4n) is 3.23. The summed E-state index contributed by atoms with van der Waals surface area (Å²) in [7, 11) is 0. The van der Waals surface area contributed by atoms with Crippen LogP contribution in [-0.2, 0) is 15.8 Å². The Labute approximate surface area is 150 Å². The van der Waals surface area contributed by atoms with Gasteiger partial charge in [-0.25, -0.2) is 0 Å². The first-order chi connectivity index (χ1) is 11.8. The van der Waals surface area contributed by atoms with Crippen LogP contribution < -0.4 is 10.6 Å². The standard InChI is InChI=1S/C19H23F3N2O2/c1-10(2)8-14-16(18(14,4)5)17(26)24-15-7-6-12(23-11(3)25)9-13(15)19(20,21)22/h6-9,14,16H,1-5H3,(H,23,25)(H,24,26). The van der Waals surface area contributed by atoms with Crippen LogP contribution in [0.25, 0.3) is 0 Å². The van der Waals surface area contributed by atoms with Gasteiger partial charge in [0.25, 0.3) is 0 Å². The number of allylic oxidation sites excluding steroid dienone is 2. The number of halogens is 3. The smallest absolute Gasteiger partial charge is 0.326 e. The topological polar surface area (TPSA) is 58.2 Å². The molecule has 1 saturated carbocycles. The first-order valence-electron chi connectivity index (χ1n) is 8.28. The predicted molar refractivity (Wildman–Crippen MR) is 94.6 cm³/mol. The largest absolute Gasteiger partial charge is 0.418 e. The summed E-state index contributed by atoms with van der Waals surface area (Å²) >= 11 is 0. The molecule has 0 radical (unpaired) electrons. The van der Waals surface area contributed by atoms with E-state index in [0.29, 0.717) is 0 Å². The lowest BCUT2D eigenvalue weighted by atomic mass is 10.1. The number of alkyl halides is 3. The third-order valence-corrected chi connectivity index (χ3v) is 4.61. The molecule has 2 rings (SSSR count). The predicted octanol–water partition coefficient (Wildman–Crippen LogP) is 4.84. The Morgan fingerprint density at radius 2 is 1.73 bits per heavy atom. The van der Waals surface area contributed by atoms with E-state index in [1.165, 1.54) is 13.0 Å². The summed E-state index contributed by atoms with van der Waals surface area (Å²) in [5, 5.41) is 4.73. The summed E-state index contributed by atoms with van der Waals surface area (Å²) in [6, 6.07) is 3.32. The quantitative estimate of drug-likeness (QED) is 0.747. The molecule has 7 heteroatoms. The molecule has 1 aliphatic carbocycles. The summed E-state index contributed by atoms with van der Waals surface area (Å²) in [6.07, 6.45) is -2.68. The summed E-state index contributed by atoms with van der Waals surface area (Å²) < 4.78 is 40.1. The number of hydrogen-bond acceptors (Lipinski definition) is 2. The van der Waals surface area contributed by atoms with Gasteiger partial charge in [-0.2, -0.15) is 13.2 Å². The molecule has 2 atom stereocenters. The number of benzene rings is 1. The Balaban J connectivity index is 2.28. The van der Waals surface area contributed by atoms with Gasteiger partial charge in [0, 0.05) is 12.6 Å². The number of anilines is 2. The highest BCUT2D eigenvalue weighted by atomic mass is 19.4. The van der Waals surface area contributed by atoms with Crippen molar-refractivity contribution in [2.45, 2.75) is 40.8 Å². The van der Waals surface area contributed by atoms with Crippen molar-refractivity contribution in [1.29, 1.82) is 0 Å². The van der Waals surface area contributed by atoms with E-state index in [9.17, 15) is 22.8 Å². The first kappa shape index (κ1) is 20.0. The van der Waals surface area contributed by atoms with Gasteiger partial charge < -0.3 is 10.6 Å². The Morgan fingerprint density at radius 3 is 2.23 bits per heavy atom. The van der Waals surface area contributed by atoms with Gasteiger partial charge in [-0.15, -0.1) is 0 Å². The molecule has 1 fully saturated rings. The van der Waals surface area contributed by atoms with Gasteiger partial charge in [-0.05, 0) is 43.4 Å². The van der Waals surface area contributed by atoms with Crippen LogP contribution in [0, 0.1) is 17.3 Å². The number of carbonyl (C=O) groups excluding carboxylic acids is 2. The van der Waals surface area contributed by atoms with Crippen molar-refractivity contribution in [2.75, 3.05) is 10.6 Å². The first-order valence-corrected chi connectivity index (χ1v) is 8.28. The lowest BCUT2D eigenvalue weighted by Gasteiger charge is -2.16. The van der Waals surface area contributed by atoms with Crippen molar-refractivity contribution in [2.24, 2.45) is 17.3 Å². The van der Waals surface area contributed by atoms with Crippen molar-refractivity contribution >= 4 is 23.2 Å². The molecule has 26 heavy (non-hydrogen) atoms. The summed E-state index contributed by atoms with van der Waals surface area (Å²) in [4.78, 5) is 23.6. The number of hydrogen-bond donors (Lipinski definition) is 2. The van der Waals surface area contributed by atoms with Crippen LogP contribution in [0.3, 0.4) is 0 Å². The van der Waals surface area contributed by atoms with E-state index >= 15 is 0 Å². The van der Waals surface area contributed by atoms with E-state index in [1.54, 1.807) is 0 Å². The van der Waals surface area contributed by atoms with Crippen molar-refractivity contribution < 1.29 is 22.8 Å². The van der Waals surface area contributed by atoms with Gasteiger partial charge in [-0.1, -0.05) is 25.5 Å². The molecule has 142 valence electrons. The maximum Gasteiger partial charge on any atom is 0.418 e. The zero-order valence-corrected chi connectivity index (χ0v) is 15.4. The van der Waals surface area contributed by atoms with E-state index in [-0.39, 0.29) is 28.6 Å². The Hall–Kier alpha value is -2.31. The molecule has 1 aromatic carbocycles. The average Bonchev–Trinajstić information content (AvgIpc) is 2.98. The Bertz CT molecular complexity index is 763. The van der Waals surface area contributed by atoms with Gasteiger partial charge in [-0.3, -0.25) is 9.59 Å². The summed E-state index contributed by atoms with van der Waals surface area (Å²) in [5.41, 5.74) is -0.508. The maximum absolute atomic E-state index is 13.4. The second kappa shape index (κ2) is 6.78. The molecule has 0 bridgehead atoms. The highest BCUT2D eigenvalue weighted by molar-refractivity contribution is 5.97. The van der Waals surface area contributed by atoms with Crippen LogP contribution in [0.2, 0.25) is 0 Å². The van der Waals surface area contributed by atoms with Crippen LogP contribution in [0.5, 0.6) is 0 Å². The summed E-state index contributed by atoms with van der Waals surface area (Å²) in [6.45, 7) is 8.90. The monoisotopic (exact) mass is 368 g/mol. The molecule has 0 saturated heterocycles. The lowest BCUT2D eigenvalue weighted by Crippen LogP contribution is -2.20. The molecule has 4 nitrogen and oxygen atoms in total. The van der Waals surface area contributed by atoms with E-state index < -0.39 is 23.6 Å². The number of nitrogens with one attached hydrogen (secondary N) is 2. The van der Waals surface area contributed by atoms with Gasteiger partial charge in [0.2, 0.25) is 11.8 Å². The minimum absolute atomic E-state index is 0.000453. The molecule has 1 aliphatic rings. The molecule has 0 heterocycles. The van der Waals surface area contributed by atoms with E-state index in [2.05, 4.69) is 10.6 Å². The van der Waals surface area contributed by atoms with Crippen LogP contribution in [0.4, 0.5) is 24.5 Å². The zero-order valence-electron chi connectivity index (χ0n) is 15.4. The molecule has 0 spiro atoms. The molecular formula is C19H23F3N2O2. The molecule has 1 aromatic rings. The molecule has 2 amide bonds. The third kappa shape index (κ3) is 4.26. The third-order valence-electron chi connectivity index (χ3n) is 4.61. The molecule has 2 unspecified atom stereocenters. The van der Waals surface area contributed by atoms with Crippen LogP contribution in [-0.4, -0.2) is 11.8 Å². The van der Waals surface area contributed by atoms with Crippen molar-refractivity contribution in [1.82, 2.24) is 0 Å². The number of rotatable bonds is 4. The van der Waals surface area contributed by atoms with E-state index in [0.717, 1.165) is 17.7 Å². The second-order valence-electron chi connectivity index (χ2n) is 7.50. The zero-order chi connectivity index (χ0) is 19.9. The fraction of sp³-hybridized carbons (Fsp3) is 0.474. The average molecular weight is 368 g/mol. The molecule has 0 aromatic heterocycles. The maximum atomic E-state index is 13.4. The van der Waals surface area contributed by atoms with Crippen LogP contribution >= 0.6 is 0 Å². The van der Waals surface area contributed by atoms with Gasteiger partial charge in [0.05, 0.1) is 17.2 Å². The second-order valence-corrected chi connectivity index (χ2v) is 7.50. The lowest BCUT2D eigenvalue weighted by molar-refractivity contribution is -0.137. The number of amides is 2. The summed E-state index contributed by atoms with van der Waals surface area (Å²) in [5.74, 6) is -1.29. The Kier molecular flexibility index (Phi) is 5.21. The van der Waals surface area contributed by atoms with Gasteiger partial charge >= 0.3 is 6.18 Å². The number of carbonyl (C=O) groups is 2. The SMILES string of the molecule is CC(=O)Nc1ccc(NC(=O)C2C(C=C(C)C)C2(C)C)c(C(F)(F)F)c1. The van der Waals surface area contributed by atoms with Crippen molar-refractivity contribution in [3.05, 3.63) is 35.4 Å². The Morgan fingerprint density at radius 1 is 1.12 bits per heavy atom. The van der Waals surface area contributed by atoms with Crippen LogP contribution in [0.1, 0.15) is 40.2 Å². The van der Waals surface area contributed by atoms with Crippen LogP contribution in [0.15, 0.2) is 29.8 Å². The molecular weight excluding hydrogens is 345 g/mol. The van der Waals surface area contributed by atoms with Gasteiger partial charge in [0.15, 0.2) is 0 Å². The normalized spacial score (nSPS) is 20.9. The van der Waals surface area contributed by atoms with Gasteiger partial charge in [0.1, 0.15) is 0 Å². The highest BCUT2D eigenvalue weighted by Gasteiger charge is 2.60. The van der Waals surface area contributed by atoms with E-state index in [4.69, 9.17) is 0 Å². The minimum Gasteiger partial charge on any atom is -0.326 e.